The highest BCUT2D eigenvalue weighted by atomic mass is 16.6. The fraction of sp³-hybridized carbons (Fsp3) is 0.444. The van der Waals surface area contributed by atoms with E-state index in [1.807, 2.05) is 49.9 Å². The molecule has 1 aliphatic rings. The molecule has 2 aromatic rings. The van der Waals surface area contributed by atoms with E-state index in [9.17, 15) is 4.79 Å². The van der Waals surface area contributed by atoms with Gasteiger partial charge in [0.25, 0.3) is 0 Å². The van der Waals surface area contributed by atoms with Crippen molar-refractivity contribution in [3.63, 3.8) is 0 Å². The summed E-state index contributed by atoms with van der Waals surface area (Å²) < 4.78 is 12.9. The molecule has 0 bridgehead atoms. The van der Waals surface area contributed by atoms with Gasteiger partial charge >= 0.3 is 0 Å². The summed E-state index contributed by atoms with van der Waals surface area (Å²) in [6.45, 7) is 8.47. The molecule has 128 valence electrons. The van der Waals surface area contributed by atoms with E-state index in [1.54, 1.807) is 4.68 Å². The van der Waals surface area contributed by atoms with Gasteiger partial charge in [0.05, 0.1) is 5.69 Å². The second kappa shape index (κ2) is 6.95. The fourth-order valence-electron chi connectivity index (χ4n) is 2.85. The van der Waals surface area contributed by atoms with Crippen LogP contribution in [0.15, 0.2) is 24.3 Å². The highest BCUT2D eigenvalue weighted by molar-refractivity contribution is 5.76. The molecule has 6 nitrogen and oxygen atoms in total. The standard InChI is InChI=1S/C18H23N3O3/c1-4-20(18(22)12-21-14(3)9-13(2)19-21)11-15-5-6-16-17(10-15)24-8-7-23-16/h5-6,9-10H,4,7-8,11-12H2,1-3H3. The van der Waals surface area contributed by atoms with Gasteiger partial charge < -0.3 is 14.4 Å². The maximum atomic E-state index is 12.6. The molecule has 2 heterocycles. The van der Waals surface area contributed by atoms with Gasteiger partial charge in [0, 0.05) is 18.8 Å². The average Bonchev–Trinajstić information content (AvgIpc) is 2.89. The number of carbonyl (C=O) groups is 1. The lowest BCUT2D eigenvalue weighted by Gasteiger charge is -2.23. The van der Waals surface area contributed by atoms with E-state index in [0.717, 1.165) is 28.5 Å². The van der Waals surface area contributed by atoms with Crippen molar-refractivity contribution in [3.05, 3.63) is 41.2 Å². The van der Waals surface area contributed by atoms with Crippen LogP contribution in [0.5, 0.6) is 11.5 Å². The Bertz CT molecular complexity index is 739. The van der Waals surface area contributed by atoms with Crippen LogP contribution in [0, 0.1) is 13.8 Å². The van der Waals surface area contributed by atoms with Crippen LogP contribution in [0.2, 0.25) is 0 Å². The van der Waals surface area contributed by atoms with Crippen LogP contribution < -0.4 is 9.47 Å². The molecule has 24 heavy (non-hydrogen) atoms. The van der Waals surface area contributed by atoms with Gasteiger partial charge in [-0.3, -0.25) is 9.48 Å². The molecule has 1 aromatic carbocycles. The number of hydrogen-bond donors (Lipinski definition) is 0. The summed E-state index contributed by atoms with van der Waals surface area (Å²) in [6.07, 6.45) is 0. The summed E-state index contributed by atoms with van der Waals surface area (Å²) >= 11 is 0. The molecule has 1 aromatic heterocycles. The van der Waals surface area contributed by atoms with Crippen LogP contribution >= 0.6 is 0 Å². The third-order valence-corrected chi connectivity index (χ3v) is 4.10. The maximum Gasteiger partial charge on any atom is 0.244 e. The lowest BCUT2D eigenvalue weighted by atomic mass is 10.1. The second-order valence-electron chi connectivity index (χ2n) is 5.97. The smallest absolute Gasteiger partial charge is 0.244 e. The van der Waals surface area contributed by atoms with E-state index in [2.05, 4.69) is 5.10 Å². The number of ether oxygens (including phenoxy) is 2. The van der Waals surface area contributed by atoms with Crippen molar-refractivity contribution in [2.45, 2.75) is 33.9 Å². The molecule has 1 aliphatic heterocycles. The van der Waals surface area contributed by atoms with Gasteiger partial charge in [-0.15, -0.1) is 0 Å². The number of rotatable bonds is 5. The highest BCUT2D eigenvalue weighted by Crippen LogP contribution is 2.31. The van der Waals surface area contributed by atoms with E-state index < -0.39 is 0 Å². The Morgan fingerprint density at radius 2 is 1.96 bits per heavy atom. The van der Waals surface area contributed by atoms with E-state index in [1.165, 1.54) is 0 Å². The minimum Gasteiger partial charge on any atom is -0.486 e. The molecule has 0 saturated heterocycles. The van der Waals surface area contributed by atoms with Crippen molar-refractivity contribution < 1.29 is 14.3 Å². The predicted octanol–water partition coefficient (Wildman–Crippen LogP) is 2.32. The lowest BCUT2D eigenvalue weighted by molar-refractivity contribution is -0.132. The molecule has 0 atom stereocenters. The van der Waals surface area contributed by atoms with Gasteiger partial charge in [-0.05, 0) is 44.5 Å². The van der Waals surface area contributed by atoms with Crippen molar-refractivity contribution >= 4 is 5.91 Å². The normalized spacial score (nSPS) is 13.0. The molecule has 0 fully saturated rings. The van der Waals surface area contributed by atoms with Crippen molar-refractivity contribution in [3.8, 4) is 11.5 Å². The van der Waals surface area contributed by atoms with Crippen LogP contribution in [0.25, 0.3) is 0 Å². The Labute approximate surface area is 142 Å². The van der Waals surface area contributed by atoms with Gasteiger partial charge in [0.2, 0.25) is 5.91 Å². The molecule has 0 radical (unpaired) electrons. The number of hydrogen-bond acceptors (Lipinski definition) is 4. The number of nitrogens with zero attached hydrogens (tertiary/aromatic N) is 3. The van der Waals surface area contributed by atoms with Crippen LogP contribution in [-0.2, 0) is 17.9 Å². The summed E-state index contributed by atoms with van der Waals surface area (Å²) in [7, 11) is 0. The zero-order chi connectivity index (χ0) is 17.1. The number of carbonyl (C=O) groups excluding carboxylic acids is 1. The van der Waals surface area contributed by atoms with Gasteiger partial charge in [-0.25, -0.2) is 0 Å². The Hall–Kier alpha value is -2.50. The van der Waals surface area contributed by atoms with E-state index >= 15 is 0 Å². The molecule has 0 saturated carbocycles. The lowest BCUT2D eigenvalue weighted by Crippen LogP contribution is -2.33. The van der Waals surface area contributed by atoms with Crippen molar-refractivity contribution in [1.82, 2.24) is 14.7 Å². The first kappa shape index (κ1) is 16.4. The second-order valence-corrected chi connectivity index (χ2v) is 5.97. The highest BCUT2D eigenvalue weighted by Gasteiger charge is 2.17. The van der Waals surface area contributed by atoms with E-state index in [0.29, 0.717) is 26.3 Å². The molecular formula is C18H23N3O3. The molecule has 0 unspecified atom stereocenters. The third-order valence-electron chi connectivity index (χ3n) is 4.10. The Morgan fingerprint density at radius 1 is 1.21 bits per heavy atom. The number of aryl methyl sites for hydroxylation is 2. The third kappa shape index (κ3) is 3.53. The van der Waals surface area contributed by atoms with E-state index in [-0.39, 0.29) is 12.5 Å². The average molecular weight is 329 g/mol. The largest absolute Gasteiger partial charge is 0.486 e. The first-order valence-corrected chi connectivity index (χ1v) is 8.24. The minimum atomic E-state index is 0.0542. The molecular weight excluding hydrogens is 306 g/mol. The van der Waals surface area contributed by atoms with Gasteiger partial charge in [0.15, 0.2) is 11.5 Å². The topological polar surface area (TPSA) is 56.6 Å². The fourth-order valence-corrected chi connectivity index (χ4v) is 2.85. The molecule has 6 heteroatoms. The van der Waals surface area contributed by atoms with Crippen molar-refractivity contribution in [1.29, 1.82) is 0 Å². The van der Waals surface area contributed by atoms with Crippen LogP contribution in [0.1, 0.15) is 23.9 Å². The number of likely N-dealkylation sites (N-methyl/N-ethyl adjacent to an activating group) is 1. The monoisotopic (exact) mass is 329 g/mol. The van der Waals surface area contributed by atoms with Gasteiger partial charge in [0.1, 0.15) is 19.8 Å². The molecule has 1 amide bonds. The number of benzene rings is 1. The number of amides is 1. The van der Waals surface area contributed by atoms with E-state index in [4.69, 9.17) is 9.47 Å². The number of aromatic nitrogens is 2. The summed E-state index contributed by atoms with van der Waals surface area (Å²) in [5.74, 6) is 1.57. The SMILES string of the molecule is CCN(Cc1ccc2c(c1)OCCO2)C(=O)Cn1nc(C)cc1C. The Kier molecular flexibility index (Phi) is 4.74. The maximum absolute atomic E-state index is 12.6. The quantitative estimate of drug-likeness (QED) is 0.845. The first-order chi connectivity index (χ1) is 11.6. The van der Waals surface area contributed by atoms with Crippen molar-refractivity contribution in [2.75, 3.05) is 19.8 Å². The summed E-state index contributed by atoms with van der Waals surface area (Å²) in [5, 5.41) is 4.36. The van der Waals surface area contributed by atoms with Crippen molar-refractivity contribution in [2.24, 2.45) is 0 Å². The van der Waals surface area contributed by atoms with Crippen LogP contribution in [-0.4, -0.2) is 40.3 Å². The summed E-state index contributed by atoms with van der Waals surface area (Å²) in [5.41, 5.74) is 2.95. The predicted molar refractivity (Wildman–Crippen MR) is 90.2 cm³/mol. The molecule has 3 rings (SSSR count). The molecule has 0 aliphatic carbocycles. The van der Waals surface area contributed by atoms with Crippen LogP contribution in [0.4, 0.5) is 0 Å². The number of fused-ring (bicyclic) bond motifs is 1. The van der Waals surface area contributed by atoms with Gasteiger partial charge in [-0.1, -0.05) is 6.07 Å². The summed E-state index contributed by atoms with van der Waals surface area (Å²) in [4.78, 5) is 14.4. The van der Waals surface area contributed by atoms with Gasteiger partial charge in [-0.2, -0.15) is 5.10 Å². The first-order valence-electron chi connectivity index (χ1n) is 8.24. The summed E-state index contributed by atoms with van der Waals surface area (Å²) in [6, 6.07) is 7.81. The Balaban J connectivity index is 1.69. The molecule has 0 N–H and O–H groups in total. The molecule has 0 spiro atoms. The minimum absolute atomic E-state index is 0.0542. The Morgan fingerprint density at radius 3 is 2.62 bits per heavy atom. The van der Waals surface area contributed by atoms with Crippen LogP contribution in [0.3, 0.4) is 0 Å². The zero-order valence-corrected chi connectivity index (χ0v) is 14.4. The zero-order valence-electron chi connectivity index (χ0n) is 14.4.